The van der Waals surface area contributed by atoms with Gasteiger partial charge in [0.15, 0.2) is 16.8 Å². The SMILES string of the molecule is O=C(CSc1nnc(-c2cccnc2)n1-c1ccco1)c1ccc(Cl)c(Cl)c1. The molecule has 0 amide bonds. The van der Waals surface area contributed by atoms with Crippen molar-refractivity contribution < 1.29 is 9.21 Å². The van der Waals surface area contributed by atoms with Crippen LogP contribution in [0.1, 0.15) is 10.4 Å². The molecule has 0 saturated carbocycles. The summed E-state index contributed by atoms with van der Waals surface area (Å²) < 4.78 is 7.29. The van der Waals surface area contributed by atoms with Gasteiger partial charge in [0.05, 0.1) is 22.1 Å². The van der Waals surface area contributed by atoms with E-state index in [1.807, 2.05) is 12.1 Å². The van der Waals surface area contributed by atoms with Crippen molar-refractivity contribution in [3.8, 4) is 17.3 Å². The van der Waals surface area contributed by atoms with E-state index in [9.17, 15) is 4.79 Å². The summed E-state index contributed by atoms with van der Waals surface area (Å²) in [5.41, 5.74) is 1.27. The number of carbonyl (C=O) groups is 1. The third-order valence-electron chi connectivity index (χ3n) is 3.85. The predicted octanol–water partition coefficient (Wildman–Crippen LogP) is 5.20. The van der Waals surface area contributed by atoms with Crippen molar-refractivity contribution >= 4 is 40.7 Å². The Balaban J connectivity index is 1.62. The molecular weight excluding hydrogens is 419 g/mol. The van der Waals surface area contributed by atoms with E-state index in [1.165, 1.54) is 11.8 Å². The number of carbonyl (C=O) groups excluding carboxylic acids is 1. The molecule has 4 aromatic rings. The molecule has 0 N–H and O–H groups in total. The van der Waals surface area contributed by atoms with Crippen molar-refractivity contribution in [3.05, 3.63) is 76.7 Å². The lowest BCUT2D eigenvalue weighted by Gasteiger charge is -2.07. The van der Waals surface area contributed by atoms with E-state index < -0.39 is 0 Å². The second kappa shape index (κ2) is 8.18. The van der Waals surface area contributed by atoms with E-state index in [4.69, 9.17) is 27.6 Å². The number of benzene rings is 1. The average Bonchev–Trinajstić information content (AvgIpc) is 3.38. The number of pyridine rings is 1. The Morgan fingerprint density at radius 2 is 2.00 bits per heavy atom. The Labute approximate surface area is 174 Å². The molecule has 0 saturated heterocycles. The number of ketones is 1. The van der Waals surface area contributed by atoms with Gasteiger partial charge >= 0.3 is 0 Å². The summed E-state index contributed by atoms with van der Waals surface area (Å²) in [6.07, 6.45) is 4.94. The summed E-state index contributed by atoms with van der Waals surface area (Å²) in [5.74, 6) is 1.19. The monoisotopic (exact) mass is 430 g/mol. The van der Waals surface area contributed by atoms with E-state index in [1.54, 1.807) is 53.6 Å². The topological polar surface area (TPSA) is 73.8 Å². The zero-order valence-corrected chi connectivity index (χ0v) is 16.6. The van der Waals surface area contributed by atoms with Crippen molar-refractivity contribution in [1.82, 2.24) is 19.7 Å². The lowest BCUT2D eigenvalue weighted by atomic mass is 10.1. The van der Waals surface area contributed by atoms with Crippen LogP contribution in [-0.2, 0) is 0 Å². The van der Waals surface area contributed by atoms with Crippen LogP contribution in [0.4, 0.5) is 0 Å². The highest BCUT2D eigenvalue weighted by Gasteiger charge is 2.19. The van der Waals surface area contributed by atoms with Crippen LogP contribution in [0, 0.1) is 0 Å². The van der Waals surface area contributed by atoms with Crippen LogP contribution in [0.25, 0.3) is 17.3 Å². The minimum atomic E-state index is -0.0968. The van der Waals surface area contributed by atoms with Gasteiger partial charge in [0, 0.05) is 29.6 Å². The third-order valence-corrected chi connectivity index (χ3v) is 5.52. The van der Waals surface area contributed by atoms with E-state index in [2.05, 4.69) is 15.2 Å². The van der Waals surface area contributed by atoms with Crippen LogP contribution < -0.4 is 0 Å². The second-order valence-corrected chi connectivity index (χ2v) is 7.43. The smallest absolute Gasteiger partial charge is 0.207 e. The van der Waals surface area contributed by atoms with Gasteiger partial charge in [0.2, 0.25) is 5.88 Å². The normalized spacial score (nSPS) is 10.9. The summed E-state index contributed by atoms with van der Waals surface area (Å²) in [4.78, 5) is 16.7. The first kappa shape index (κ1) is 18.7. The highest BCUT2D eigenvalue weighted by Crippen LogP contribution is 2.29. The maximum Gasteiger partial charge on any atom is 0.207 e. The van der Waals surface area contributed by atoms with Crippen LogP contribution >= 0.6 is 35.0 Å². The molecule has 0 bridgehead atoms. The highest BCUT2D eigenvalue weighted by molar-refractivity contribution is 7.99. The molecule has 0 radical (unpaired) electrons. The number of thioether (sulfide) groups is 1. The van der Waals surface area contributed by atoms with Gasteiger partial charge in [0.25, 0.3) is 0 Å². The largest absolute Gasteiger partial charge is 0.448 e. The minimum absolute atomic E-state index is 0.0968. The van der Waals surface area contributed by atoms with Crippen LogP contribution in [-0.4, -0.2) is 31.3 Å². The van der Waals surface area contributed by atoms with Crippen molar-refractivity contribution in [2.75, 3.05) is 5.75 Å². The standard InChI is InChI=1S/C19H12Cl2N4O2S/c20-14-6-5-12(9-15(14)21)16(26)11-28-19-24-23-18(13-3-1-7-22-10-13)25(19)17-4-2-8-27-17/h1-10H,11H2. The molecule has 4 rings (SSSR count). The molecule has 0 spiro atoms. The molecule has 9 heteroatoms. The Bertz CT molecular complexity index is 1110. The molecule has 0 aliphatic carbocycles. The zero-order valence-electron chi connectivity index (χ0n) is 14.3. The van der Waals surface area contributed by atoms with Crippen molar-refractivity contribution in [1.29, 1.82) is 0 Å². The number of rotatable bonds is 6. The zero-order chi connectivity index (χ0) is 19.5. The molecule has 1 aromatic carbocycles. The Morgan fingerprint density at radius 3 is 2.71 bits per heavy atom. The molecule has 28 heavy (non-hydrogen) atoms. The van der Waals surface area contributed by atoms with Gasteiger partial charge in [-0.25, -0.2) is 4.57 Å². The lowest BCUT2D eigenvalue weighted by molar-refractivity contribution is 0.102. The van der Waals surface area contributed by atoms with Gasteiger partial charge in [-0.15, -0.1) is 10.2 Å². The van der Waals surface area contributed by atoms with Gasteiger partial charge in [0.1, 0.15) is 0 Å². The van der Waals surface area contributed by atoms with Gasteiger partial charge in [-0.05, 0) is 36.4 Å². The maximum atomic E-state index is 12.5. The summed E-state index contributed by atoms with van der Waals surface area (Å²) in [6.45, 7) is 0. The lowest BCUT2D eigenvalue weighted by Crippen LogP contribution is -2.04. The van der Waals surface area contributed by atoms with Gasteiger partial charge in [-0.2, -0.15) is 0 Å². The van der Waals surface area contributed by atoms with Crippen LogP contribution in [0.2, 0.25) is 10.0 Å². The number of furan rings is 1. The van der Waals surface area contributed by atoms with Crippen LogP contribution in [0.5, 0.6) is 0 Å². The third kappa shape index (κ3) is 3.82. The second-order valence-electron chi connectivity index (χ2n) is 5.68. The molecule has 0 aliphatic rings. The Kier molecular flexibility index (Phi) is 5.47. The molecule has 0 aliphatic heterocycles. The molecule has 3 heterocycles. The summed E-state index contributed by atoms with van der Waals surface area (Å²) in [7, 11) is 0. The average molecular weight is 431 g/mol. The fourth-order valence-corrected chi connectivity index (χ4v) is 3.65. The van der Waals surface area contributed by atoms with Crippen molar-refractivity contribution in [2.24, 2.45) is 0 Å². The van der Waals surface area contributed by atoms with Crippen LogP contribution in [0.15, 0.2) is 70.7 Å². The van der Waals surface area contributed by atoms with Gasteiger partial charge < -0.3 is 4.42 Å². The summed E-state index contributed by atoms with van der Waals surface area (Å²) >= 11 is 13.2. The quantitative estimate of drug-likeness (QED) is 0.309. The molecule has 0 atom stereocenters. The van der Waals surface area contributed by atoms with E-state index in [0.717, 1.165) is 5.56 Å². The first-order valence-electron chi connectivity index (χ1n) is 8.14. The fourth-order valence-electron chi connectivity index (χ4n) is 2.52. The summed E-state index contributed by atoms with van der Waals surface area (Å²) in [6, 6.07) is 12.1. The number of hydrogen-bond donors (Lipinski definition) is 0. The molecule has 3 aromatic heterocycles. The minimum Gasteiger partial charge on any atom is -0.448 e. The number of aromatic nitrogens is 4. The van der Waals surface area contributed by atoms with E-state index >= 15 is 0 Å². The number of hydrogen-bond acceptors (Lipinski definition) is 6. The predicted molar refractivity (Wildman–Crippen MR) is 108 cm³/mol. The molecule has 140 valence electrons. The van der Waals surface area contributed by atoms with Gasteiger partial charge in [-0.3, -0.25) is 9.78 Å². The number of halogens is 2. The van der Waals surface area contributed by atoms with Crippen molar-refractivity contribution in [2.45, 2.75) is 5.16 Å². The van der Waals surface area contributed by atoms with Crippen LogP contribution in [0.3, 0.4) is 0 Å². The molecule has 0 unspecified atom stereocenters. The molecule has 6 nitrogen and oxygen atoms in total. The Morgan fingerprint density at radius 1 is 1.11 bits per heavy atom. The number of Topliss-reactive ketones (excluding diaryl/α,β-unsaturated/α-hetero) is 1. The molecule has 0 fully saturated rings. The fraction of sp³-hybridized carbons (Fsp3) is 0.0526. The first-order valence-corrected chi connectivity index (χ1v) is 9.88. The first-order chi connectivity index (χ1) is 13.6. The summed E-state index contributed by atoms with van der Waals surface area (Å²) in [5, 5.41) is 9.78. The van der Waals surface area contributed by atoms with E-state index in [0.29, 0.717) is 32.5 Å². The Hall–Kier alpha value is -2.61. The molecular formula is C19H12Cl2N4O2S. The highest BCUT2D eigenvalue weighted by atomic mass is 35.5. The van der Waals surface area contributed by atoms with Gasteiger partial charge in [-0.1, -0.05) is 35.0 Å². The number of nitrogens with zero attached hydrogens (tertiary/aromatic N) is 4. The maximum absolute atomic E-state index is 12.5. The van der Waals surface area contributed by atoms with E-state index in [-0.39, 0.29) is 11.5 Å². The van der Waals surface area contributed by atoms with Crippen molar-refractivity contribution in [3.63, 3.8) is 0 Å².